The minimum absolute atomic E-state index is 0.0894. The molecule has 1 aliphatic carbocycles. The van der Waals surface area contributed by atoms with E-state index >= 15 is 0 Å². The fourth-order valence-corrected chi connectivity index (χ4v) is 4.44. The highest BCUT2D eigenvalue weighted by Gasteiger charge is 2.18. The third kappa shape index (κ3) is 1.68. The van der Waals surface area contributed by atoms with Crippen molar-refractivity contribution in [3.05, 3.63) is 71.5 Å². The van der Waals surface area contributed by atoms with Crippen molar-refractivity contribution in [3.8, 4) is 22.0 Å². The Balaban J connectivity index is 1.86. The van der Waals surface area contributed by atoms with Gasteiger partial charge in [0.15, 0.2) is 0 Å². The van der Waals surface area contributed by atoms with Crippen LogP contribution in [-0.4, -0.2) is 0 Å². The summed E-state index contributed by atoms with van der Waals surface area (Å²) in [6.07, 6.45) is 1.09. The van der Waals surface area contributed by atoms with Gasteiger partial charge < -0.3 is 0 Å². The molecule has 0 bridgehead atoms. The normalized spacial score (nSPS) is 13.2. The molecular weight excluding hydrogens is 247 g/mol. The Labute approximate surface area is 114 Å². The molecule has 1 aliphatic rings. The Morgan fingerprint density at radius 3 is 2.53 bits per heavy atom. The second-order valence-electron chi connectivity index (χ2n) is 5.21. The first-order valence-electron chi connectivity index (χ1n) is 6.66. The predicted octanol–water partition coefficient (Wildman–Crippen LogP) is 5.45. The van der Waals surface area contributed by atoms with E-state index < -0.39 is 0 Å². The first-order valence-corrected chi connectivity index (χ1v) is 8.51. The fraction of sp³-hybridized carbons (Fsp3) is 0.111. The van der Waals surface area contributed by atoms with Crippen molar-refractivity contribution in [1.82, 2.24) is 0 Å². The van der Waals surface area contributed by atoms with Crippen LogP contribution in [0, 0.1) is 0 Å². The van der Waals surface area contributed by atoms with E-state index in [9.17, 15) is 0 Å². The quantitative estimate of drug-likeness (QED) is 0.428. The average Bonchev–Trinajstić information content (AvgIpc) is 3.01. The Hall–Kier alpha value is -1.78. The van der Waals surface area contributed by atoms with Gasteiger partial charge in [0.2, 0.25) is 0 Å². The van der Waals surface area contributed by atoms with E-state index in [2.05, 4.69) is 67.1 Å². The van der Waals surface area contributed by atoms with Gasteiger partial charge in [-0.15, -0.1) is 7.53 Å². The standard InChI is InChI=1S/C18H15P/c1-19-10-4-7-18(19)14-8-9-17-15(12-14)11-13-5-2-3-6-16(13)17/h2-10,12H,11H2,1H3. The molecule has 0 saturated heterocycles. The van der Waals surface area contributed by atoms with Crippen LogP contribution < -0.4 is 0 Å². The van der Waals surface area contributed by atoms with E-state index in [0.29, 0.717) is 0 Å². The summed E-state index contributed by atoms with van der Waals surface area (Å²) in [5.41, 5.74) is 7.19. The largest absolute Gasteiger partial charge is 0.120 e. The first kappa shape index (κ1) is 11.1. The monoisotopic (exact) mass is 262 g/mol. The molecule has 0 N–H and O–H groups in total. The number of fused-ring (bicyclic) bond motifs is 3. The van der Waals surface area contributed by atoms with E-state index in [1.165, 1.54) is 33.1 Å². The van der Waals surface area contributed by atoms with Crippen LogP contribution in [0.2, 0.25) is 0 Å². The molecular formula is C18H15P. The Morgan fingerprint density at radius 1 is 0.842 bits per heavy atom. The highest BCUT2D eigenvalue weighted by molar-refractivity contribution is 7.50. The van der Waals surface area contributed by atoms with Gasteiger partial charge in [-0.05, 0) is 52.8 Å². The lowest BCUT2D eigenvalue weighted by atomic mass is 10.0. The molecule has 1 aromatic heterocycles. The molecule has 0 nitrogen and oxygen atoms in total. The van der Waals surface area contributed by atoms with Gasteiger partial charge in [-0.3, -0.25) is 0 Å². The number of benzene rings is 2. The second kappa shape index (κ2) is 4.11. The van der Waals surface area contributed by atoms with Gasteiger partial charge in [0.05, 0.1) is 0 Å². The van der Waals surface area contributed by atoms with Gasteiger partial charge in [-0.1, -0.05) is 48.5 Å². The minimum Gasteiger partial charge on any atom is -0.120 e. The highest BCUT2D eigenvalue weighted by Crippen LogP contribution is 2.43. The SMILES string of the molecule is Cp1cccc1-c1ccc2c(c1)Cc1ccccc1-2. The zero-order chi connectivity index (χ0) is 12.8. The van der Waals surface area contributed by atoms with E-state index in [0.717, 1.165) is 6.42 Å². The van der Waals surface area contributed by atoms with Crippen molar-refractivity contribution < 1.29 is 0 Å². The molecule has 19 heavy (non-hydrogen) atoms. The minimum atomic E-state index is -0.0894. The van der Waals surface area contributed by atoms with Crippen LogP contribution in [0.25, 0.3) is 22.0 Å². The van der Waals surface area contributed by atoms with Gasteiger partial charge in [-0.2, -0.15) is 0 Å². The van der Waals surface area contributed by atoms with Crippen LogP contribution in [-0.2, 0) is 13.1 Å². The average molecular weight is 262 g/mol. The van der Waals surface area contributed by atoms with Crippen molar-refractivity contribution in [1.29, 1.82) is 0 Å². The summed E-state index contributed by atoms with van der Waals surface area (Å²) < 4.78 is 0. The summed E-state index contributed by atoms with van der Waals surface area (Å²) in [5.74, 6) is 2.33. The molecule has 4 rings (SSSR count). The van der Waals surface area contributed by atoms with Crippen molar-refractivity contribution in [2.75, 3.05) is 0 Å². The maximum absolute atomic E-state index is 2.40. The Kier molecular flexibility index (Phi) is 2.40. The molecule has 1 heteroatoms. The molecule has 0 amide bonds. The zero-order valence-electron chi connectivity index (χ0n) is 10.9. The van der Waals surface area contributed by atoms with Crippen LogP contribution in [0.1, 0.15) is 11.1 Å². The van der Waals surface area contributed by atoms with E-state index in [1.807, 2.05) is 0 Å². The summed E-state index contributed by atoms with van der Waals surface area (Å²) in [5, 5.41) is 1.51. The van der Waals surface area contributed by atoms with Gasteiger partial charge >= 0.3 is 0 Å². The molecule has 0 radical (unpaired) electrons. The lowest BCUT2D eigenvalue weighted by Gasteiger charge is -2.05. The molecule has 0 saturated carbocycles. The van der Waals surface area contributed by atoms with Crippen LogP contribution in [0.4, 0.5) is 0 Å². The zero-order valence-corrected chi connectivity index (χ0v) is 11.8. The topological polar surface area (TPSA) is 0 Å². The van der Waals surface area contributed by atoms with Crippen molar-refractivity contribution >= 4 is 7.53 Å². The summed E-state index contributed by atoms with van der Waals surface area (Å²) >= 11 is 0. The molecule has 1 unspecified atom stereocenters. The highest BCUT2D eigenvalue weighted by atomic mass is 31.1. The second-order valence-corrected chi connectivity index (χ2v) is 7.21. The molecule has 1 heterocycles. The number of hydrogen-bond acceptors (Lipinski definition) is 0. The van der Waals surface area contributed by atoms with Crippen LogP contribution in [0.5, 0.6) is 0 Å². The third-order valence-electron chi connectivity index (χ3n) is 4.03. The van der Waals surface area contributed by atoms with Crippen molar-refractivity contribution in [3.63, 3.8) is 0 Å². The van der Waals surface area contributed by atoms with Crippen LogP contribution in [0.3, 0.4) is 0 Å². The summed E-state index contributed by atoms with van der Waals surface area (Å²) in [6, 6.07) is 20.2. The lowest BCUT2D eigenvalue weighted by molar-refractivity contribution is 1.26. The molecule has 92 valence electrons. The molecule has 3 aromatic rings. The van der Waals surface area contributed by atoms with E-state index in [4.69, 9.17) is 0 Å². The maximum Gasteiger partial charge on any atom is 0.000904 e. The Morgan fingerprint density at radius 2 is 1.68 bits per heavy atom. The molecule has 0 aliphatic heterocycles. The summed E-state index contributed by atoms with van der Waals surface area (Å²) in [6.45, 7) is 2.33. The van der Waals surface area contributed by atoms with Crippen LogP contribution in [0.15, 0.2) is 60.4 Å². The number of rotatable bonds is 1. The van der Waals surface area contributed by atoms with Gasteiger partial charge in [0, 0.05) is 5.30 Å². The van der Waals surface area contributed by atoms with Crippen molar-refractivity contribution in [2.45, 2.75) is 6.42 Å². The third-order valence-corrected chi connectivity index (χ3v) is 5.82. The smallest absolute Gasteiger partial charge is 0.000904 e. The van der Waals surface area contributed by atoms with Crippen LogP contribution >= 0.6 is 7.53 Å². The summed E-state index contributed by atoms with van der Waals surface area (Å²) in [7, 11) is -0.0894. The molecule has 0 fully saturated rings. The van der Waals surface area contributed by atoms with Gasteiger partial charge in [0.25, 0.3) is 0 Å². The fourth-order valence-electron chi connectivity index (χ4n) is 3.07. The Bertz CT molecular complexity index is 765. The van der Waals surface area contributed by atoms with Crippen molar-refractivity contribution in [2.24, 2.45) is 6.66 Å². The molecule has 2 aromatic carbocycles. The molecule has 1 atom stereocenters. The van der Waals surface area contributed by atoms with Gasteiger partial charge in [0.1, 0.15) is 0 Å². The number of hydrogen-bond donors (Lipinski definition) is 0. The number of aryl methyl sites for hydroxylation is 1. The predicted molar refractivity (Wildman–Crippen MR) is 83.8 cm³/mol. The molecule has 0 spiro atoms. The summed E-state index contributed by atoms with van der Waals surface area (Å²) in [4.78, 5) is 0. The van der Waals surface area contributed by atoms with E-state index in [-0.39, 0.29) is 7.53 Å². The van der Waals surface area contributed by atoms with Gasteiger partial charge in [-0.25, -0.2) is 0 Å². The first-order chi connectivity index (χ1) is 9.33. The van der Waals surface area contributed by atoms with E-state index in [1.54, 1.807) is 0 Å². The maximum atomic E-state index is 2.40. The lowest BCUT2D eigenvalue weighted by Crippen LogP contribution is -1.81.